The van der Waals surface area contributed by atoms with Gasteiger partial charge in [0.15, 0.2) is 11.6 Å². The average molecular weight is 247 g/mol. The first-order valence-corrected chi connectivity index (χ1v) is 5.59. The van der Waals surface area contributed by atoms with Crippen LogP contribution in [0.5, 0.6) is 0 Å². The van der Waals surface area contributed by atoms with Gasteiger partial charge in [0.2, 0.25) is 0 Å². The number of imidazole rings is 1. The molecule has 0 fully saturated rings. The molecule has 0 aliphatic heterocycles. The summed E-state index contributed by atoms with van der Waals surface area (Å²) in [5.41, 5.74) is 12.5. The average Bonchev–Trinajstić information content (AvgIpc) is 2.80. The summed E-state index contributed by atoms with van der Waals surface area (Å²) >= 11 is 0. The fourth-order valence-corrected chi connectivity index (χ4v) is 1.32. The topological polar surface area (TPSA) is 93.7 Å². The van der Waals surface area contributed by atoms with Gasteiger partial charge in [0.05, 0.1) is 0 Å². The van der Waals surface area contributed by atoms with Crippen LogP contribution in [0.1, 0.15) is 20.8 Å². The van der Waals surface area contributed by atoms with Gasteiger partial charge in [-0.05, 0) is 20.8 Å². The molecule has 2 heterocycles. The number of hydrogen-bond acceptors (Lipinski definition) is 6. The Hall–Kier alpha value is -2.15. The van der Waals surface area contributed by atoms with Crippen LogP contribution >= 0.6 is 0 Å². The molecule has 0 atom stereocenters. The van der Waals surface area contributed by atoms with Gasteiger partial charge in [-0.25, -0.2) is 20.4 Å². The molecular weight excluding hydrogens is 230 g/mol. The van der Waals surface area contributed by atoms with Crippen LogP contribution in [-0.2, 0) is 0 Å². The Kier molecular flexibility index (Phi) is 3.15. The molecular formula is C11H17N7. The van der Waals surface area contributed by atoms with Crippen molar-refractivity contribution in [3.05, 3.63) is 25.0 Å². The van der Waals surface area contributed by atoms with Gasteiger partial charge in [-0.2, -0.15) is 0 Å². The van der Waals surface area contributed by atoms with Gasteiger partial charge in [0.1, 0.15) is 18.3 Å². The van der Waals surface area contributed by atoms with Crippen LogP contribution in [0.2, 0.25) is 0 Å². The van der Waals surface area contributed by atoms with Crippen LogP contribution in [0.4, 0.5) is 11.5 Å². The molecule has 0 aromatic carbocycles. The minimum absolute atomic E-state index is 0.0907. The third-order valence-electron chi connectivity index (χ3n) is 2.17. The minimum Gasteiger partial charge on any atom is -0.393 e. The monoisotopic (exact) mass is 247 g/mol. The highest BCUT2D eigenvalue weighted by atomic mass is 15.4. The van der Waals surface area contributed by atoms with Crippen molar-refractivity contribution in [2.24, 2.45) is 0 Å². The lowest BCUT2D eigenvalue weighted by molar-refractivity contribution is 0.464. The predicted octanol–water partition coefficient (Wildman–Crippen LogP) is 0.959. The zero-order chi connectivity index (χ0) is 13.2. The number of nitrogens with two attached hydrogens (primary N) is 1. The number of anilines is 2. The quantitative estimate of drug-likeness (QED) is 0.699. The van der Waals surface area contributed by atoms with Crippen LogP contribution in [-0.4, -0.2) is 25.1 Å². The molecule has 7 nitrogen and oxygen atoms in total. The first-order chi connectivity index (χ1) is 8.47. The molecule has 96 valence electrons. The van der Waals surface area contributed by atoms with Crippen molar-refractivity contribution in [2.75, 3.05) is 11.2 Å². The standard InChI is InChI=1S/C11H17N7/c1-11(2,3)17-16-9-8(12)10(15-6-14-9)18-5-4-13-7-18/h4-7,17H,12H2,1-3H3,(H,14,15,16). The highest BCUT2D eigenvalue weighted by Crippen LogP contribution is 2.20. The van der Waals surface area contributed by atoms with Gasteiger partial charge in [-0.15, -0.1) is 0 Å². The molecule has 18 heavy (non-hydrogen) atoms. The number of hydrogen-bond donors (Lipinski definition) is 3. The van der Waals surface area contributed by atoms with E-state index in [-0.39, 0.29) is 5.54 Å². The van der Waals surface area contributed by atoms with Crippen molar-refractivity contribution in [3.63, 3.8) is 0 Å². The van der Waals surface area contributed by atoms with Gasteiger partial charge in [-0.3, -0.25) is 4.57 Å². The van der Waals surface area contributed by atoms with Crippen molar-refractivity contribution in [1.82, 2.24) is 24.9 Å². The number of nitrogens with one attached hydrogen (secondary N) is 2. The smallest absolute Gasteiger partial charge is 0.169 e. The first kappa shape index (κ1) is 12.3. The summed E-state index contributed by atoms with van der Waals surface area (Å²) in [5.74, 6) is 1.14. The molecule has 0 aliphatic rings. The zero-order valence-electron chi connectivity index (χ0n) is 10.7. The summed E-state index contributed by atoms with van der Waals surface area (Å²) in [5, 5.41) is 0. The van der Waals surface area contributed by atoms with Crippen molar-refractivity contribution in [3.8, 4) is 5.82 Å². The Labute approximate surface area is 105 Å². The summed E-state index contributed by atoms with van der Waals surface area (Å²) in [6.07, 6.45) is 6.54. The van der Waals surface area contributed by atoms with E-state index < -0.39 is 0 Å². The lowest BCUT2D eigenvalue weighted by Gasteiger charge is -2.22. The fraction of sp³-hybridized carbons (Fsp3) is 0.364. The van der Waals surface area contributed by atoms with E-state index in [1.165, 1.54) is 6.33 Å². The van der Waals surface area contributed by atoms with Gasteiger partial charge in [0, 0.05) is 17.9 Å². The molecule has 2 aromatic heterocycles. The Morgan fingerprint density at radius 1 is 1.28 bits per heavy atom. The summed E-state index contributed by atoms with van der Waals surface area (Å²) in [4.78, 5) is 12.2. The molecule has 0 radical (unpaired) electrons. The summed E-state index contributed by atoms with van der Waals surface area (Å²) in [7, 11) is 0. The third-order valence-corrected chi connectivity index (χ3v) is 2.17. The normalized spacial score (nSPS) is 11.5. The molecule has 0 amide bonds. The van der Waals surface area contributed by atoms with Crippen LogP contribution in [0.15, 0.2) is 25.0 Å². The summed E-state index contributed by atoms with van der Waals surface area (Å²) in [6, 6.07) is 0. The highest BCUT2D eigenvalue weighted by molar-refractivity contribution is 5.68. The van der Waals surface area contributed by atoms with Gasteiger partial charge in [0.25, 0.3) is 0 Å². The highest BCUT2D eigenvalue weighted by Gasteiger charge is 2.12. The van der Waals surface area contributed by atoms with E-state index in [9.17, 15) is 0 Å². The molecule has 0 spiro atoms. The van der Waals surface area contributed by atoms with E-state index in [0.717, 1.165) is 0 Å². The fourth-order valence-electron chi connectivity index (χ4n) is 1.32. The number of hydrazine groups is 1. The van der Waals surface area contributed by atoms with Crippen molar-refractivity contribution in [2.45, 2.75) is 26.3 Å². The van der Waals surface area contributed by atoms with E-state index >= 15 is 0 Å². The Morgan fingerprint density at radius 3 is 2.67 bits per heavy atom. The number of rotatable bonds is 3. The second-order valence-corrected chi connectivity index (χ2v) is 4.93. The molecule has 0 aliphatic carbocycles. The number of aromatic nitrogens is 4. The van der Waals surface area contributed by atoms with Crippen LogP contribution in [0.3, 0.4) is 0 Å². The van der Waals surface area contributed by atoms with Gasteiger partial charge >= 0.3 is 0 Å². The Balaban J connectivity index is 2.25. The number of nitrogen functional groups attached to an aromatic ring is 1. The lowest BCUT2D eigenvalue weighted by atomic mass is 10.1. The van der Waals surface area contributed by atoms with E-state index in [1.807, 2.05) is 20.8 Å². The predicted molar refractivity (Wildman–Crippen MR) is 70.1 cm³/mol. The molecule has 2 aromatic rings. The maximum atomic E-state index is 6.03. The van der Waals surface area contributed by atoms with Gasteiger partial charge in [-0.1, -0.05) is 0 Å². The van der Waals surface area contributed by atoms with Gasteiger partial charge < -0.3 is 11.2 Å². The number of nitrogens with zero attached hydrogens (tertiary/aromatic N) is 4. The Bertz CT molecular complexity index is 513. The zero-order valence-corrected chi connectivity index (χ0v) is 10.7. The van der Waals surface area contributed by atoms with Crippen molar-refractivity contribution in [1.29, 1.82) is 0 Å². The van der Waals surface area contributed by atoms with Crippen LogP contribution in [0.25, 0.3) is 5.82 Å². The maximum Gasteiger partial charge on any atom is 0.169 e. The SMILES string of the molecule is CC(C)(C)NNc1ncnc(-n2ccnc2)c1N. The molecule has 0 saturated heterocycles. The lowest BCUT2D eigenvalue weighted by Crippen LogP contribution is -2.40. The Morgan fingerprint density at radius 2 is 2.06 bits per heavy atom. The van der Waals surface area contributed by atoms with Crippen molar-refractivity contribution < 1.29 is 0 Å². The molecule has 0 unspecified atom stereocenters. The van der Waals surface area contributed by atoms with E-state index in [2.05, 4.69) is 25.8 Å². The second kappa shape index (κ2) is 4.61. The van der Waals surface area contributed by atoms with E-state index in [1.54, 1.807) is 23.3 Å². The minimum atomic E-state index is -0.0907. The first-order valence-electron chi connectivity index (χ1n) is 5.59. The largest absolute Gasteiger partial charge is 0.393 e. The van der Waals surface area contributed by atoms with E-state index in [4.69, 9.17) is 5.73 Å². The third kappa shape index (κ3) is 2.75. The summed E-state index contributed by atoms with van der Waals surface area (Å²) < 4.78 is 1.74. The second-order valence-electron chi connectivity index (χ2n) is 4.93. The van der Waals surface area contributed by atoms with Crippen LogP contribution < -0.4 is 16.6 Å². The van der Waals surface area contributed by atoms with E-state index in [0.29, 0.717) is 17.3 Å². The molecule has 7 heteroatoms. The molecule has 0 saturated carbocycles. The summed E-state index contributed by atoms with van der Waals surface area (Å²) in [6.45, 7) is 6.11. The van der Waals surface area contributed by atoms with Crippen molar-refractivity contribution >= 4 is 11.5 Å². The molecule has 4 N–H and O–H groups in total. The maximum absolute atomic E-state index is 6.03. The molecule has 2 rings (SSSR count). The molecule has 0 bridgehead atoms. The van der Waals surface area contributed by atoms with Crippen LogP contribution in [0, 0.1) is 0 Å².